The van der Waals surface area contributed by atoms with Gasteiger partial charge in [0, 0.05) is 0 Å². The van der Waals surface area contributed by atoms with Gasteiger partial charge in [0.05, 0.1) is 6.61 Å². The van der Waals surface area contributed by atoms with E-state index in [-0.39, 0.29) is 26.1 Å². The van der Waals surface area contributed by atoms with Gasteiger partial charge in [-0.05, 0) is 72.5 Å². The maximum atomic E-state index is 13.7. The fourth-order valence-electron chi connectivity index (χ4n) is 3.38. The highest BCUT2D eigenvalue weighted by molar-refractivity contribution is 6.75. The predicted molar refractivity (Wildman–Crippen MR) is 179 cm³/mol. The second-order valence-electron chi connectivity index (χ2n) is 18.0. The van der Waals surface area contributed by atoms with Gasteiger partial charge in [-0.1, -0.05) is 83.1 Å². The van der Waals surface area contributed by atoms with Crippen LogP contribution in [0.5, 0.6) is 0 Å². The van der Waals surface area contributed by atoms with Gasteiger partial charge >= 0.3 is 5.97 Å². The summed E-state index contributed by atoms with van der Waals surface area (Å²) >= 11 is 0. The summed E-state index contributed by atoms with van der Waals surface area (Å²) in [5.74, 6) is -0.338. The molecular weight excluding hydrogens is 569 g/mol. The zero-order valence-corrected chi connectivity index (χ0v) is 34.0. The van der Waals surface area contributed by atoms with Crippen molar-refractivity contribution < 1.29 is 27.2 Å². The van der Waals surface area contributed by atoms with Gasteiger partial charge in [-0.3, -0.25) is 0 Å². The Morgan fingerprint density at radius 3 is 1.38 bits per heavy atom. The van der Waals surface area contributed by atoms with Crippen LogP contribution in [0, 0.1) is 0 Å². The van der Waals surface area contributed by atoms with Crippen molar-refractivity contribution in [3.63, 3.8) is 0 Å². The molecule has 6 nitrogen and oxygen atoms in total. The van der Waals surface area contributed by atoms with Crippen LogP contribution in [0.25, 0.3) is 0 Å². The summed E-state index contributed by atoms with van der Waals surface area (Å²) in [6, 6.07) is 0. The van der Waals surface area contributed by atoms with Crippen LogP contribution in [0.4, 0.5) is 0 Å². The van der Waals surface area contributed by atoms with Crippen LogP contribution in [0.15, 0.2) is 0 Å². The molecule has 0 aliphatic carbocycles. The fraction of sp³-hybridized carbons (Fsp3) is 0.967. The Labute approximate surface area is 252 Å². The first-order chi connectivity index (χ1) is 17.3. The van der Waals surface area contributed by atoms with Crippen molar-refractivity contribution >= 4 is 39.2 Å². The van der Waals surface area contributed by atoms with E-state index in [0.717, 1.165) is 0 Å². The van der Waals surface area contributed by atoms with E-state index in [2.05, 4.69) is 135 Å². The van der Waals surface area contributed by atoms with Crippen LogP contribution < -0.4 is 0 Å². The summed E-state index contributed by atoms with van der Waals surface area (Å²) in [5, 5.41) is -0.0724. The molecule has 0 saturated carbocycles. The molecule has 0 amide bonds. The van der Waals surface area contributed by atoms with Gasteiger partial charge in [0.25, 0.3) is 0 Å². The summed E-state index contributed by atoms with van der Waals surface area (Å²) in [6.07, 6.45) is -2.38. The molecule has 4 atom stereocenters. The summed E-state index contributed by atoms with van der Waals surface area (Å²) in [7, 11) is -8.97. The lowest BCUT2D eigenvalue weighted by molar-refractivity contribution is -0.150. The first-order valence-electron chi connectivity index (χ1n) is 15.2. The van der Waals surface area contributed by atoms with Gasteiger partial charge in [0.2, 0.25) is 0 Å². The number of esters is 1. The minimum atomic E-state index is -2.31. The fourth-order valence-corrected chi connectivity index (χ4v) is 8.21. The second kappa shape index (κ2) is 11.9. The van der Waals surface area contributed by atoms with Gasteiger partial charge in [-0.2, -0.15) is 0 Å². The molecule has 0 unspecified atom stereocenters. The quantitative estimate of drug-likeness (QED) is 0.176. The Morgan fingerprint density at radius 1 is 0.625 bits per heavy atom. The van der Waals surface area contributed by atoms with E-state index >= 15 is 0 Å². The first kappa shape index (κ1) is 38.2. The molecule has 0 aromatic rings. The molecule has 10 heteroatoms. The Kier molecular flexibility index (Phi) is 11.4. The molecule has 1 aliphatic heterocycles. The molecule has 40 heavy (non-hydrogen) atoms. The Balaban J connectivity index is 3.68. The van der Waals surface area contributed by atoms with E-state index in [1.807, 2.05) is 0 Å². The van der Waals surface area contributed by atoms with Crippen LogP contribution >= 0.6 is 0 Å². The zero-order chi connectivity index (χ0) is 32.1. The van der Waals surface area contributed by atoms with E-state index in [9.17, 15) is 4.79 Å². The van der Waals surface area contributed by atoms with E-state index < -0.39 is 57.7 Å². The summed E-state index contributed by atoms with van der Waals surface area (Å²) in [5.41, 5.74) is 0. The Morgan fingerprint density at radius 2 is 1.00 bits per heavy atom. The third kappa shape index (κ3) is 8.86. The van der Waals surface area contributed by atoms with E-state index in [1.54, 1.807) is 0 Å². The van der Waals surface area contributed by atoms with Crippen molar-refractivity contribution in [3.05, 3.63) is 0 Å². The molecule has 238 valence electrons. The third-order valence-electron chi connectivity index (χ3n) is 10.6. The smallest absolute Gasteiger partial charge is 0.337 e. The normalized spacial score (nSPS) is 23.4. The van der Waals surface area contributed by atoms with E-state index in [0.29, 0.717) is 6.61 Å². The average Bonchev–Trinajstić information content (AvgIpc) is 2.96. The van der Waals surface area contributed by atoms with Crippen molar-refractivity contribution in [2.45, 2.75) is 180 Å². The summed E-state index contributed by atoms with van der Waals surface area (Å²) in [4.78, 5) is 13.7. The van der Waals surface area contributed by atoms with Crippen molar-refractivity contribution in [2.24, 2.45) is 0 Å². The van der Waals surface area contributed by atoms with Crippen molar-refractivity contribution in [1.82, 2.24) is 0 Å². The molecule has 1 fully saturated rings. The number of cyclic esters (lactones) is 1. The second-order valence-corrected chi connectivity index (χ2v) is 37.1. The van der Waals surface area contributed by atoms with Crippen LogP contribution in [0.1, 0.15) is 83.1 Å². The monoisotopic (exact) mass is 634 g/mol. The highest BCUT2D eigenvalue weighted by atomic mass is 28.4. The number of hydrogen-bond donors (Lipinski definition) is 0. The van der Waals surface area contributed by atoms with Crippen molar-refractivity contribution in [1.29, 1.82) is 0 Å². The topological polar surface area (TPSA) is 63.2 Å². The lowest BCUT2D eigenvalue weighted by Gasteiger charge is -2.45. The SMILES string of the molecule is CC(C)(C)[Si](C)(C)OC[C@H](O[Si](C)(C)C(C)(C)C)[C@H]1OC(=O)[C@H](O[Si](C)(C)C(C)(C)C)[C@H]1O[Si](C)(C)C(C)(C)C. The van der Waals surface area contributed by atoms with Crippen LogP contribution in [-0.4, -0.2) is 70.3 Å². The molecule has 1 aliphatic rings. The van der Waals surface area contributed by atoms with Crippen LogP contribution in [0.3, 0.4) is 0 Å². The van der Waals surface area contributed by atoms with Crippen molar-refractivity contribution in [2.75, 3.05) is 6.61 Å². The van der Waals surface area contributed by atoms with E-state index in [4.69, 9.17) is 22.4 Å². The molecule has 0 spiro atoms. The van der Waals surface area contributed by atoms with Crippen LogP contribution in [0.2, 0.25) is 72.5 Å². The van der Waals surface area contributed by atoms with Crippen molar-refractivity contribution in [3.8, 4) is 0 Å². The largest absolute Gasteiger partial charge is 0.455 e. The number of carbonyl (C=O) groups is 1. The number of hydrogen-bond acceptors (Lipinski definition) is 6. The molecule has 0 radical (unpaired) electrons. The molecule has 0 bridgehead atoms. The highest BCUT2D eigenvalue weighted by Gasteiger charge is 2.57. The first-order valence-corrected chi connectivity index (χ1v) is 26.8. The lowest BCUT2D eigenvalue weighted by atomic mass is 10.1. The predicted octanol–water partition coefficient (Wildman–Crippen LogP) is 9.10. The lowest BCUT2D eigenvalue weighted by Crippen LogP contribution is -2.57. The maximum absolute atomic E-state index is 13.7. The maximum Gasteiger partial charge on any atom is 0.337 e. The number of ether oxygens (including phenoxy) is 1. The molecule has 0 aromatic heterocycles. The Hall–Kier alpha value is 0.178. The summed E-state index contributed by atoms with van der Waals surface area (Å²) in [6.45, 7) is 44.9. The molecular formula is C30H66O6Si4. The van der Waals surface area contributed by atoms with E-state index in [1.165, 1.54) is 0 Å². The van der Waals surface area contributed by atoms with Crippen LogP contribution in [-0.2, 0) is 27.2 Å². The standard InChI is InChI=1S/C30H66O6Si4/c1-27(2,3)37(13,14)32-21-22(34-38(15,16)28(4,5)6)23-24(35-39(17,18)29(7,8)9)25(26(31)33-23)36-40(19,20)30(10,11)12/h22-25H,21H2,1-20H3/t22-,23+,24-,25+/m0/s1. The van der Waals surface area contributed by atoms with Gasteiger partial charge in [-0.15, -0.1) is 0 Å². The molecule has 0 N–H and O–H groups in total. The molecule has 1 saturated heterocycles. The summed E-state index contributed by atoms with van der Waals surface area (Å²) < 4.78 is 34.0. The highest BCUT2D eigenvalue weighted by Crippen LogP contribution is 2.45. The Bertz CT molecular complexity index is 873. The van der Waals surface area contributed by atoms with Gasteiger partial charge in [0.1, 0.15) is 12.2 Å². The van der Waals surface area contributed by atoms with Gasteiger partial charge in [-0.25, -0.2) is 4.79 Å². The number of rotatable bonds is 10. The van der Waals surface area contributed by atoms with Gasteiger partial charge in [0.15, 0.2) is 45.5 Å². The molecule has 1 heterocycles. The minimum Gasteiger partial charge on any atom is -0.455 e. The molecule has 1 rings (SSSR count). The third-order valence-corrected chi connectivity index (χ3v) is 28.5. The minimum absolute atomic E-state index is 0.0162. The molecule has 0 aromatic carbocycles. The average molecular weight is 635 g/mol. The zero-order valence-electron chi connectivity index (χ0n) is 30.0. The van der Waals surface area contributed by atoms with Gasteiger partial charge < -0.3 is 22.4 Å². The number of carbonyl (C=O) groups excluding carboxylic acids is 1.